The zero-order valence-electron chi connectivity index (χ0n) is 18.8. The summed E-state index contributed by atoms with van der Waals surface area (Å²) in [5.41, 5.74) is 0.578. The van der Waals surface area contributed by atoms with Crippen LogP contribution in [0.15, 0.2) is 30.3 Å². The van der Waals surface area contributed by atoms with Crippen molar-refractivity contribution in [2.24, 2.45) is 0 Å². The lowest BCUT2D eigenvalue weighted by Crippen LogP contribution is -2.51. The zero-order valence-corrected chi connectivity index (χ0v) is 19.6. The van der Waals surface area contributed by atoms with E-state index >= 15 is 0 Å². The highest BCUT2D eigenvalue weighted by molar-refractivity contribution is 7.92. The minimum absolute atomic E-state index is 0.00192. The van der Waals surface area contributed by atoms with Gasteiger partial charge < -0.3 is 15.0 Å². The maximum atomic E-state index is 12.2. The summed E-state index contributed by atoms with van der Waals surface area (Å²) in [5, 5.41) is 2.69. The van der Waals surface area contributed by atoms with E-state index < -0.39 is 27.1 Å². The molecule has 1 aliphatic rings. The molecule has 0 aliphatic carbocycles. The number of benzene rings is 1. The number of hydrogen-bond acceptors (Lipinski definition) is 6. The minimum atomic E-state index is -3.42. The second kappa shape index (κ2) is 11.5. The van der Waals surface area contributed by atoms with Gasteiger partial charge in [-0.25, -0.2) is 13.2 Å². The average molecular weight is 454 g/mol. The van der Waals surface area contributed by atoms with Crippen molar-refractivity contribution in [3.05, 3.63) is 35.9 Å². The molecule has 1 aromatic carbocycles. The van der Waals surface area contributed by atoms with Crippen molar-refractivity contribution in [2.75, 3.05) is 50.8 Å². The van der Waals surface area contributed by atoms with Gasteiger partial charge in [-0.05, 0) is 39.2 Å². The molecule has 174 valence electrons. The molecule has 1 heterocycles. The number of carbonyl (C=O) groups excluding carboxylic acids is 2. The number of hydrogen-bond donors (Lipinski definition) is 1. The number of nitrogens with one attached hydrogen (secondary N) is 1. The van der Waals surface area contributed by atoms with Crippen LogP contribution in [-0.2, 0) is 25.8 Å². The van der Waals surface area contributed by atoms with Crippen molar-refractivity contribution < 1.29 is 22.7 Å². The third kappa shape index (κ3) is 10.1. The molecule has 0 bridgehead atoms. The van der Waals surface area contributed by atoms with Crippen LogP contribution in [0.25, 0.3) is 0 Å². The molecule has 31 heavy (non-hydrogen) atoms. The highest BCUT2D eigenvalue weighted by Gasteiger charge is 2.25. The predicted molar refractivity (Wildman–Crippen MR) is 121 cm³/mol. The first-order chi connectivity index (χ1) is 14.5. The number of nitrogens with zero attached hydrogens (tertiary/aromatic N) is 2. The largest absolute Gasteiger partial charge is 0.444 e. The van der Waals surface area contributed by atoms with Crippen LogP contribution < -0.4 is 5.32 Å². The van der Waals surface area contributed by atoms with E-state index in [9.17, 15) is 18.0 Å². The molecule has 2 amide bonds. The summed E-state index contributed by atoms with van der Waals surface area (Å²) >= 11 is 0. The normalized spacial score (nSPS) is 15.5. The lowest BCUT2D eigenvalue weighted by atomic mass is 10.1. The molecule has 0 saturated carbocycles. The van der Waals surface area contributed by atoms with Crippen molar-refractivity contribution in [3.63, 3.8) is 0 Å². The van der Waals surface area contributed by atoms with Gasteiger partial charge in [-0.2, -0.15) is 0 Å². The van der Waals surface area contributed by atoms with Crippen molar-refractivity contribution in [2.45, 2.75) is 39.2 Å². The van der Waals surface area contributed by atoms with Crippen molar-refractivity contribution in [1.29, 1.82) is 0 Å². The Morgan fingerprint density at radius 3 is 2.32 bits per heavy atom. The van der Waals surface area contributed by atoms with Crippen molar-refractivity contribution in [1.82, 2.24) is 15.1 Å². The maximum Gasteiger partial charge on any atom is 0.410 e. The van der Waals surface area contributed by atoms with E-state index in [-0.39, 0.29) is 11.8 Å². The number of sulfone groups is 1. The molecular formula is C22H35N3O5S. The van der Waals surface area contributed by atoms with Gasteiger partial charge in [0.15, 0.2) is 9.84 Å². The summed E-state index contributed by atoms with van der Waals surface area (Å²) in [7, 11) is -3.42. The third-order valence-corrected chi connectivity index (χ3v) is 6.50. The van der Waals surface area contributed by atoms with Gasteiger partial charge in [-0.1, -0.05) is 30.3 Å². The third-order valence-electron chi connectivity index (χ3n) is 4.89. The Morgan fingerprint density at radius 2 is 1.71 bits per heavy atom. The molecule has 0 atom stereocenters. The quantitative estimate of drug-likeness (QED) is 0.611. The second-order valence-corrected chi connectivity index (χ2v) is 11.0. The highest BCUT2D eigenvalue weighted by Crippen LogP contribution is 2.11. The van der Waals surface area contributed by atoms with Gasteiger partial charge in [0.25, 0.3) is 0 Å². The van der Waals surface area contributed by atoms with Gasteiger partial charge in [-0.3, -0.25) is 9.69 Å². The SMILES string of the molecule is CC(C)(C)OC(=O)N1CCN(CCNC(=O)CS(=O)(=O)CCCc2ccccc2)CC1. The Labute approximate surface area is 185 Å². The highest BCUT2D eigenvalue weighted by atomic mass is 32.2. The van der Waals surface area contributed by atoms with Gasteiger partial charge in [0.05, 0.1) is 5.75 Å². The van der Waals surface area contributed by atoms with Gasteiger partial charge >= 0.3 is 6.09 Å². The Hall–Kier alpha value is -2.13. The van der Waals surface area contributed by atoms with Crippen LogP contribution in [-0.4, -0.2) is 86.6 Å². The van der Waals surface area contributed by atoms with E-state index in [4.69, 9.17) is 4.74 Å². The van der Waals surface area contributed by atoms with Crippen LogP contribution in [0.1, 0.15) is 32.8 Å². The van der Waals surface area contributed by atoms with Gasteiger partial charge in [-0.15, -0.1) is 0 Å². The minimum Gasteiger partial charge on any atom is -0.444 e. The lowest BCUT2D eigenvalue weighted by Gasteiger charge is -2.35. The monoisotopic (exact) mass is 453 g/mol. The molecule has 0 spiro atoms. The summed E-state index contributed by atoms with van der Waals surface area (Å²) < 4.78 is 29.7. The maximum absolute atomic E-state index is 12.2. The molecule has 1 N–H and O–H groups in total. The van der Waals surface area contributed by atoms with Crippen LogP contribution >= 0.6 is 0 Å². The van der Waals surface area contributed by atoms with E-state index in [0.29, 0.717) is 52.1 Å². The first kappa shape index (κ1) is 25.1. The number of ether oxygens (including phenoxy) is 1. The number of aryl methyl sites for hydroxylation is 1. The summed E-state index contributed by atoms with van der Waals surface area (Å²) in [6.07, 6.45) is 0.872. The van der Waals surface area contributed by atoms with E-state index in [1.54, 1.807) is 4.90 Å². The van der Waals surface area contributed by atoms with Gasteiger partial charge in [0.2, 0.25) is 5.91 Å². The average Bonchev–Trinajstić information content (AvgIpc) is 2.67. The fourth-order valence-corrected chi connectivity index (χ4v) is 4.53. The Balaban J connectivity index is 1.61. The molecule has 0 aromatic heterocycles. The fourth-order valence-electron chi connectivity index (χ4n) is 3.30. The molecule has 1 fully saturated rings. The summed E-state index contributed by atoms with van der Waals surface area (Å²) in [6.45, 7) is 9.03. The van der Waals surface area contributed by atoms with Crippen LogP contribution in [0.3, 0.4) is 0 Å². The Bertz CT molecular complexity index is 813. The van der Waals surface area contributed by atoms with Gasteiger partial charge in [0.1, 0.15) is 11.4 Å². The topological polar surface area (TPSA) is 96.0 Å². The fraction of sp³-hybridized carbons (Fsp3) is 0.636. The van der Waals surface area contributed by atoms with Crippen LogP contribution in [0, 0.1) is 0 Å². The first-order valence-corrected chi connectivity index (χ1v) is 12.6. The van der Waals surface area contributed by atoms with Crippen molar-refractivity contribution >= 4 is 21.8 Å². The summed E-state index contributed by atoms with van der Waals surface area (Å²) in [5.74, 6) is -0.942. The molecular weight excluding hydrogens is 418 g/mol. The molecule has 1 saturated heterocycles. The van der Waals surface area contributed by atoms with Crippen LogP contribution in [0.5, 0.6) is 0 Å². The smallest absolute Gasteiger partial charge is 0.410 e. The second-order valence-electron chi connectivity index (χ2n) is 8.84. The first-order valence-electron chi connectivity index (χ1n) is 10.8. The molecule has 2 rings (SSSR count). The number of carbonyl (C=O) groups is 2. The molecule has 9 heteroatoms. The standard InChI is InChI=1S/C22H35N3O5S/c1-22(2,3)30-21(27)25-15-13-24(14-16-25)12-11-23-20(26)18-31(28,29)17-7-10-19-8-5-4-6-9-19/h4-6,8-9H,7,10-18H2,1-3H3,(H,23,26). The molecule has 0 unspecified atom stereocenters. The lowest BCUT2D eigenvalue weighted by molar-refractivity contribution is -0.118. The van der Waals surface area contributed by atoms with E-state index in [0.717, 1.165) is 5.56 Å². The van der Waals surface area contributed by atoms with Crippen LogP contribution in [0.2, 0.25) is 0 Å². The van der Waals surface area contributed by atoms with Crippen LogP contribution in [0.4, 0.5) is 4.79 Å². The predicted octanol–water partition coefficient (Wildman–Crippen LogP) is 1.70. The molecule has 0 radical (unpaired) electrons. The van der Waals surface area contributed by atoms with E-state index in [2.05, 4.69) is 10.2 Å². The summed E-state index contributed by atoms with van der Waals surface area (Å²) in [6, 6.07) is 9.70. The Kier molecular flexibility index (Phi) is 9.31. The number of rotatable bonds is 9. The Morgan fingerprint density at radius 1 is 1.06 bits per heavy atom. The van der Waals surface area contributed by atoms with E-state index in [1.165, 1.54) is 0 Å². The van der Waals surface area contributed by atoms with Gasteiger partial charge in [0, 0.05) is 39.3 Å². The van der Waals surface area contributed by atoms with Crippen molar-refractivity contribution in [3.8, 4) is 0 Å². The molecule has 1 aliphatic heterocycles. The zero-order chi connectivity index (χ0) is 22.9. The number of piperazine rings is 1. The summed E-state index contributed by atoms with van der Waals surface area (Å²) in [4.78, 5) is 27.9. The molecule has 1 aromatic rings. The van der Waals surface area contributed by atoms with E-state index in [1.807, 2.05) is 51.1 Å². The molecule has 8 nitrogen and oxygen atoms in total. The number of amides is 2.